The molecule has 0 radical (unpaired) electrons. The quantitative estimate of drug-likeness (QED) is 0.852. The summed E-state index contributed by atoms with van der Waals surface area (Å²) < 4.78 is 32.2. The van der Waals surface area contributed by atoms with E-state index < -0.39 is 10.0 Å². The fourth-order valence-electron chi connectivity index (χ4n) is 2.09. The van der Waals surface area contributed by atoms with Crippen molar-refractivity contribution in [1.82, 2.24) is 5.16 Å². The van der Waals surface area contributed by atoms with Crippen molar-refractivity contribution in [3.63, 3.8) is 0 Å². The van der Waals surface area contributed by atoms with E-state index in [-0.39, 0.29) is 10.7 Å². The maximum absolute atomic E-state index is 12.4. The van der Waals surface area contributed by atoms with E-state index in [1.807, 2.05) is 12.1 Å². The Labute approximate surface area is 131 Å². The van der Waals surface area contributed by atoms with Gasteiger partial charge in [-0.3, -0.25) is 4.72 Å². The average Bonchev–Trinajstić information content (AvgIpc) is 2.80. The van der Waals surface area contributed by atoms with Gasteiger partial charge in [0.05, 0.1) is 0 Å². The highest BCUT2D eigenvalue weighted by Gasteiger charge is 2.24. The molecule has 1 heterocycles. The molecule has 0 bridgehead atoms. The minimum Gasteiger partial charge on any atom is -0.383 e. The lowest BCUT2D eigenvalue weighted by molar-refractivity contribution is 0.390. The summed E-state index contributed by atoms with van der Waals surface area (Å²) in [5.74, 6) is 0.278. The fraction of sp³-hybridized carbons (Fsp3) is 0.400. The van der Waals surface area contributed by atoms with Gasteiger partial charge in [-0.1, -0.05) is 12.1 Å². The first-order chi connectivity index (χ1) is 10.3. The maximum Gasteiger partial charge on any atom is 0.267 e. The zero-order valence-corrected chi connectivity index (χ0v) is 14.0. The van der Waals surface area contributed by atoms with Crippen LogP contribution in [0.4, 0.5) is 11.4 Å². The lowest BCUT2D eigenvalue weighted by Gasteiger charge is -2.13. The fourth-order valence-corrected chi connectivity index (χ4v) is 3.48. The number of nitrogens with zero attached hydrogens (tertiary/aromatic N) is 1. The Balaban J connectivity index is 2.17. The normalized spacial score (nSPS) is 12.9. The van der Waals surface area contributed by atoms with Gasteiger partial charge in [0.25, 0.3) is 10.0 Å². The summed E-state index contributed by atoms with van der Waals surface area (Å²) in [6.45, 7) is 7.37. The Morgan fingerprint density at radius 1 is 1.18 bits per heavy atom. The van der Waals surface area contributed by atoms with Gasteiger partial charge >= 0.3 is 0 Å². The second-order valence-electron chi connectivity index (χ2n) is 5.29. The Morgan fingerprint density at radius 3 is 2.27 bits per heavy atom. The largest absolute Gasteiger partial charge is 0.383 e. The van der Waals surface area contributed by atoms with Crippen LogP contribution in [0.2, 0.25) is 0 Å². The van der Waals surface area contributed by atoms with Gasteiger partial charge < -0.3 is 9.84 Å². The van der Waals surface area contributed by atoms with E-state index >= 15 is 0 Å². The first-order valence-corrected chi connectivity index (χ1v) is 8.64. The molecule has 0 saturated carbocycles. The molecular formula is C15H21N3O3S. The molecule has 22 heavy (non-hydrogen) atoms. The molecule has 6 nitrogen and oxygen atoms in total. The average molecular weight is 323 g/mol. The highest BCUT2D eigenvalue weighted by Crippen LogP contribution is 2.23. The molecule has 2 N–H and O–H groups in total. The van der Waals surface area contributed by atoms with Crippen molar-refractivity contribution in [2.75, 3.05) is 10.0 Å². The number of anilines is 2. The molecule has 0 saturated heterocycles. The molecule has 7 heteroatoms. The van der Waals surface area contributed by atoms with Gasteiger partial charge in [0.1, 0.15) is 5.69 Å². The molecule has 0 aliphatic carbocycles. The van der Waals surface area contributed by atoms with Crippen molar-refractivity contribution in [2.45, 2.75) is 45.1 Å². The highest BCUT2D eigenvalue weighted by molar-refractivity contribution is 7.92. The summed E-state index contributed by atoms with van der Waals surface area (Å²) in [6.07, 6.45) is 1.01. The van der Waals surface area contributed by atoms with Gasteiger partial charge in [0.15, 0.2) is 10.7 Å². The minimum absolute atomic E-state index is 0.0920. The van der Waals surface area contributed by atoms with Crippen LogP contribution < -0.4 is 10.0 Å². The van der Waals surface area contributed by atoms with Gasteiger partial charge in [0.2, 0.25) is 0 Å². The lowest BCUT2D eigenvalue weighted by Crippen LogP contribution is -2.15. The van der Waals surface area contributed by atoms with Crippen LogP contribution in [0.3, 0.4) is 0 Å². The number of nitrogens with one attached hydrogen (secondary N) is 2. The monoisotopic (exact) mass is 323 g/mol. The van der Waals surface area contributed by atoms with Crippen molar-refractivity contribution in [3.8, 4) is 0 Å². The van der Waals surface area contributed by atoms with E-state index in [1.54, 1.807) is 26.0 Å². The van der Waals surface area contributed by atoms with Crippen LogP contribution in [-0.2, 0) is 10.0 Å². The van der Waals surface area contributed by atoms with Crippen LogP contribution in [0.1, 0.15) is 31.7 Å². The van der Waals surface area contributed by atoms with E-state index in [9.17, 15) is 8.42 Å². The number of rotatable bonds is 6. The molecular weight excluding hydrogens is 302 g/mol. The molecule has 0 aliphatic rings. The smallest absolute Gasteiger partial charge is 0.267 e. The van der Waals surface area contributed by atoms with E-state index in [0.717, 1.165) is 12.1 Å². The molecule has 1 atom stereocenters. The number of hydrogen-bond donors (Lipinski definition) is 2. The summed E-state index contributed by atoms with van der Waals surface area (Å²) in [5.41, 5.74) is 1.80. The van der Waals surface area contributed by atoms with Crippen LogP contribution in [0.25, 0.3) is 0 Å². The molecule has 2 rings (SSSR count). The van der Waals surface area contributed by atoms with Gasteiger partial charge in [-0.15, -0.1) is 0 Å². The second-order valence-corrected chi connectivity index (χ2v) is 6.91. The Kier molecular flexibility index (Phi) is 4.75. The van der Waals surface area contributed by atoms with E-state index in [4.69, 9.17) is 4.52 Å². The minimum atomic E-state index is -3.70. The zero-order chi connectivity index (χ0) is 16.3. The first-order valence-electron chi connectivity index (χ1n) is 7.15. The molecule has 1 aromatic heterocycles. The first kappa shape index (κ1) is 16.4. The molecule has 0 spiro atoms. The Hall–Kier alpha value is -2.02. The van der Waals surface area contributed by atoms with Crippen molar-refractivity contribution in [1.29, 1.82) is 0 Å². The summed E-state index contributed by atoms with van der Waals surface area (Å²) in [7, 11) is -3.70. The van der Waals surface area contributed by atoms with Crippen molar-refractivity contribution in [2.24, 2.45) is 0 Å². The molecule has 1 unspecified atom stereocenters. The molecule has 1 aromatic carbocycles. The summed E-state index contributed by atoms with van der Waals surface area (Å²) >= 11 is 0. The standard InChI is InChI=1S/C15H21N3O3S/c1-5-10(2)16-13-6-8-14(9-7-13)18-22(19,20)15-11(3)17-21-12(15)4/h6-10,16,18H,5H2,1-4H3. The third kappa shape index (κ3) is 3.59. The molecule has 0 aliphatic heterocycles. The van der Waals surface area contributed by atoms with Crippen LogP contribution in [0.5, 0.6) is 0 Å². The van der Waals surface area contributed by atoms with E-state index in [2.05, 4.69) is 29.0 Å². The van der Waals surface area contributed by atoms with Gasteiger partial charge in [-0.05, 0) is 51.5 Å². The van der Waals surface area contributed by atoms with Crippen molar-refractivity contribution in [3.05, 3.63) is 35.7 Å². The molecule has 2 aromatic rings. The maximum atomic E-state index is 12.4. The summed E-state index contributed by atoms with van der Waals surface area (Å²) in [5, 5.41) is 7.00. The highest BCUT2D eigenvalue weighted by atomic mass is 32.2. The van der Waals surface area contributed by atoms with Crippen LogP contribution in [0, 0.1) is 13.8 Å². The van der Waals surface area contributed by atoms with Crippen LogP contribution in [-0.4, -0.2) is 19.6 Å². The molecule has 0 amide bonds. The molecule has 120 valence electrons. The van der Waals surface area contributed by atoms with Gasteiger partial charge in [-0.2, -0.15) is 0 Å². The number of sulfonamides is 1. The van der Waals surface area contributed by atoms with Crippen molar-refractivity contribution >= 4 is 21.4 Å². The van der Waals surface area contributed by atoms with Crippen molar-refractivity contribution < 1.29 is 12.9 Å². The molecule has 0 fully saturated rings. The second kappa shape index (κ2) is 6.39. The SMILES string of the molecule is CCC(C)Nc1ccc(NS(=O)(=O)c2c(C)noc2C)cc1. The van der Waals surface area contributed by atoms with Crippen LogP contribution in [0.15, 0.2) is 33.7 Å². The predicted octanol–water partition coefficient (Wildman–Crippen LogP) is 3.30. The van der Waals surface area contributed by atoms with E-state index in [0.29, 0.717) is 17.4 Å². The number of benzene rings is 1. The van der Waals surface area contributed by atoms with Gasteiger partial charge in [0, 0.05) is 17.4 Å². The predicted molar refractivity (Wildman–Crippen MR) is 86.6 cm³/mol. The number of aromatic nitrogens is 1. The number of hydrogen-bond acceptors (Lipinski definition) is 5. The summed E-state index contributed by atoms with van der Waals surface area (Å²) in [6, 6.07) is 7.50. The topological polar surface area (TPSA) is 84.2 Å². The van der Waals surface area contributed by atoms with Crippen LogP contribution >= 0.6 is 0 Å². The van der Waals surface area contributed by atoms with E-state index in [1.165, 1.54) is 0 Å². The summed E-state index contributed by atoms with van der Waals surface area (Å²) in [4.78, 5) is 0.0920. The number of aryl methyl sites for hydroxylation is 2. The Bertz CT molecular complexity index is 716. The third-order valence-corrected chi connectivity index (χ3v) is 5.02. The third-order valence-electron chi connectivity index (χ3n) is 3.40. The lowest BCUT2D eigenvalue weighted by atomic mass is 10.2. The van der Waals surface area contributed by atoms with Gasteiger partial charge in [-0.25, -0.2) is 8.42 Å². The Morgan fingerprint density at radius 2 is 1.77 bits per heavy atom. The zero-order valence-electron chi connectivity index (χ0n) is 13.2.